The highest BCUT2D eigenvalue weighted by molar-refractivity contribution is 6.26. The zero-order chi connectivity index (χ0) is 12.7. The molecule has 1 heterocycles. The fourth-order valence-electron chi connectivity index (χ4n) is 1.83. The number of ether oxygens (including phenoxy) is 1. The molecule has 0 saturated heterocycles. The Kier molecular flexibility index (Phi) is 2.35. The zero-order valence-electron chi connectivity index (χ0n) is 9.31. The van der Waals surface area contributed by atoms with E-state index in [1.807, 2.05) is 0 Å². The summed E-state index contributed by atoms with van der Waals surface area (Å²) in [5, 5.41) is 0. The molecule has 1 aromatic rings. The third kappa shape index (κ3) is 1.45. The first-order valence-electron chi connectivity index (χ1n) is 4.81. The van der Waals surface area contributed by atoms with Crippen LogP contribution in [0.4, 0.5) is 0 Å². The van der Waals surface area contributed by atoms with Crippen molar-refractivity contribution in [2.75, 3.05) is 7.11 Å². The maximum Gasteiger partial charge on any atom is 0.340 e. The molecule has 0 amide bonds. The first-order chi connectivity index (χ1) is 7.97. The second kappa shape index (κ2) is 3.58. The van der Waals surface area contributed by atoms with Crippen molar-refractivity contribution in [3.05, 3.63) is 34.8 Å². The lowest BCUT2D eigenvalue weighted by Gasteiger charge is -2.10. The average molecular weight is 234 g/mol. The number of nitrogens with zero attached hydrogens (tertiary/aromatic N) is 1. The van der Waals surface area contributed by atoms with Crippen molar-refractivity contribution < 1.29 is 19.1 Å². The van der Waals surface area contributed by atoms with Gasteiger partial charge in [0, 0.05) is 19.3 Å². The number of Topliss-reactive ketones (excluding diaryl/α,β-unsaturated/α-hetero) is 1. The minimum absolute atomic E-state index is 0.0542. The lowest BCUT2D eigenvalue weighted by Crippen LogP contribution is -2.24. The molecule has 0 atom stereocenters. The summed E-state index contributed by atoms with van der Waals surface area (Å²) < 4.78 is 5.96. The molecule has 1 aromatic heterocycles. The molecule has 0 fully saturated rings. The Morgan fingerprint density at radius 1 is 1.41 bits per heavy atom. The van der Waals surface area contributed by atoms with Gasteiger partial charge in [0.15, 0.2) is 5.78 Å². The molecule has 0 spiro atoms. The number of hydrogen-bond acceptors (Lipinski definition) is 5. The Labute approximate surface area is 96.6 Å². The van der Waals surface area contributed by atoms with E-state index in [0.717, 1.165) is 6.08 Å². The molecule has 2 rings (SSSR count). The maximum absolute atomic E-state index is 11.8. The van der Waals surface area contributed by atoms with Crippen molar-refractivity contribution in [3.63, 3.8) is 0 Å². The highest BCUT2D eigenvalue weighted by Gasteiger charge is 2.32. The molecule has 0 radical (unpaired) electrons. The van der Waals surface area contributed by atoms with Crippen molar-refractivity contribution in [2.24, 2.45) is 12.8 Å². The van der Waals surface area contributed by atoms with E-state index in [4.69, 9.17) is 5.73 Å². The summed E-state index contributed by atoms with van der Waals surface area (Å²) in [6, 6.07) is 0. The van der Waals surface area contributed by atoms with Gasteiger partial charge < -0.3 is 15.0 Å². The SMILES string of the molecule is COC(=O)c1cn(C)c2c1C(=O)C=C(N)C2=O. The fourth-order valence-corrected chi connectivity index (χ4v) is 1.83. The minimum Gasteiger partial charge on any atom is -0.465 e. The van der Waals surface area contributed by atoms with E-state index in [9.17, 15) is 14.4 Å². The van der Waals surface area contributed by atoms with Gasteiger partial charge in [-0.1, -0.05) is 0 Å². The molecular formula is C11H10N2O4. The van der Waals surface area contributed by atoms with E-state index in [2.05, 4.69) is 4.74 Å². The number of methoxy groups -OCH3 is 1. The summed E-state index contributed by atoms with van der Waals surface area (Å²) in [6.45, 7) is 0. The molecule has 0 saturated carbocycles. The molecule has 0 aliphatic heterocycles. The first kappa shape index (κ1) is 11.1. The predicted octanol–water partition coefficient (Wildman–Crippen LogP) is 0.0333. The smallest absolute Gasteiger partial charge is 0.340 e. The van der Waals surface area contributed by atoms with Crippen LogP contribution < -0.4 is 5.73 Å². The van der Waals surface area contributed by atoms with E-state index in [1.54, 1.807) is 7.05 Å². The largest absolute Gasteiger partial charge is 0.465 e. The van der Waals surface area contributed by atoms with Crippen molar-refractivity contribution in [2.45, 2.75) is 0 Å². The molecule has 88 valence electrons. The Bertz CT molecular complexity index is 581. The van der Waals surface area contributed by atoms with Crippen LogP contribution in [0.1, 0.15) is 31.2 Å². The van der Waals surface area contributed by atoms with Crippen molar-refractivity contribution >= 4 is 17.5 Å². The standard InChI is InChI=1S/C11H10N2O4/c1-13-4-5(11(16)17-2)8-7(14)3-6(12)10(15)9(8)13/h3-4H,12H2,1-2H3. The second-order valence-corrected chi connectivity index (χ2v) is 3.66. The number of rotatable bonds is 1. The van der Waals surface area contributed by atoms with Crippen LogP contribution in [0, 0.1) is 0 Å². The van der Waals surface area contributed by atoms with Gasteiger partial charge in [-0.25, -0.2) is 4.79 Å². The number of hydrogen-bond donors (Lipinski definition) is 1. The summed E-state index contributed by atoms with van der Waals surface area (Å²) in [4.78, 5) is 35.0. The molecule has 17 heavy (non-hydrogen) atoms. The quantitative estimate of drug-likeness (QED) is 0.692. The van der Waals surface area contributed by atoms with Crippen LogP contribution in [0.5, 0.6) is 0 Å². The molecule has 0 unspecified atom stereocenters. The maximum atomic E-state index is 11.8. The first-order valence-corrected chi connectivity index (χ1v) is 4.81. The Balaban J connectivity index is 2.72. The topological polar surface area (TPSA) is 91.4 Å². The number of esters is 1. The van der Waals surface area contributed by atoms with E-state index in [-0.39, 0.29) is 22.5 Å². The van der Waals surface area contributed by atoms with Crippen LogP contribution in [0.15, 0.2) is 18.0 Å². The van der Waals surface area contributed by atoms with E-state index >= 15 is 0 Å². The molecule has 1 aliphatic carbocycles. The predicted molar refractivity (Wildman–Crippen MR) is 57.7 cm³/mol. The van der Waals surface area contributed by atoms with Gasteiger partial charge >= 0.3 is 5.97 Å². The fraction of sp³-hybridized carbons (Fsp3) is 0.182. The van der Waals surface area contributed by atoms with Crippen molar-refractivity contribution in [3.8, 4) is 0 Å². The summed E-state index contributed by atoms with van der Waals surface area (Å²) in [7, 11) is 2.77. The minimum atomic E-state index is -0.656. The number of carbonyl (C=O) groups excluding carboxylic acids is 3. The zero-order valence-corrected chi connectivity index (χ0v) is 9.31. The number of aryl methyl sites for hydroxylation is 1. The lowest BCUT2D eigenvalue weighted by atomic mass is 9.96. The van der Waals surface area contributed by atoms with Gasteiger partial charge in [-0.3, -0.25) is 9.59 Å². The summed E-state index contributed by atoms with van der Waals surface area (Å²) in [5.74, 6) is -1.58. The van der Waals surface area contributed by atoms with Gasteiger partial charge in [0.05, 0.1) is 23.9 Å². The van der Waals surface area contributed by atoms with E-state index in [0.29, 0.717) is 0 Å². The van der Waals surface area contributed by atoms with Gasteiger partial charge in [-0.05, 0) is 0 Å². The third-order valence-corrected chi connectivity index (χ3v) is 2.60. The normalized spacial score (nSPS) is 14.4. The Morgan fingerprint density at radius 3 is 2.65 bits per heavy atom. The van der Waals surface area contributed by atoms with E-state index < -0.39 is 17.5 Å². The Hall–Kier alpha value is -2.37. The lowest BCUT2D eigenvalue weighted by molar-refractivity contribution is 0.0597. The molecule has 6 heteroatoms. The number of aromatic nitrogens is 1. The van der Waals surface area contributed by atoms with Gasteiger partial charge in [-0.2, -0.15) is 0 Å². The second-order valence-electron chi connectivity index (χ2n) is 3.66. The van der Waals surface area contributed by atoms with Gasteiger partial charge in [0.25, 0.3) is 0 Å². The number of ketones is 2. The highest BCUT2D eigenvalue weighted by atomic mass is 16.5. The number of nitrogens with two attached hydrogens (primary N) is 1. The van der Waals surface area contributed by atoms with Crippen LogP contribution in [0.25, 0.3) is 0 Å². The van der Waals surface area contributed by atoms with E-state index in [1.165, 1.54) is 17.9 Å². The van der Waals surface area contributed by atoms with Crippen LogP contribution in [0.3, 0.4) is 0 Å². The van der Waals surface area contributed by atoms with Gasteiger partial charge in [0.2, 0.25) is 5.78 Å². The summed E-state index contributed by atoms with van der Waals surface area (Å²) >= 11 is 0. The van der Waals surface area contributed by atoms with Gasteiger partial charge in [0.1, 0.15) is 5.69 Å². The van der Waals surface area contributed by atoms with Crippen molar-refractivity contribution in [1.82, 2.24) is 4.57 Å². The van der Waals surface area contributed by atoms with Crippen LogP contribution in [-0.2, 0) is 11.8 Å². The number of carbonyl (C=O) groups is 3. The Morgan fingerprint density at radius 2 is 2.06 bits per heavy atom. The average Bonchev–Trinajstić information content (AvgIpc) is 2.63. The van der Waals surface area contributed by atoms with Gasteiger partial charge in [-0.15, -0.1) is 0 Å². The number of fused-ring (bicyclic) bond motifs is 1. The third-order valence-electron chi connectivity index (χ3n) is 2.60. The highest BCUT2D eigenvalue weighted by Crippen LogP contribution is 2.24. The van der Waals surface area contributed by atoms with Crippen LogP contribution in [-0.4, -0.2) is 29.2 Å². The molecule has 2 N–H and O–H groups in total. The molecule has 0 aromatic carbocycles. The molecular weight excluding hydrogens is 224 g/mol. The molecule has 6 nitrogen and oxygen atoms in total. The number of allylic oxidation sites excluding steroid dienone is 2. The monoisotopic (exact) mass is 234 g/mol. The molecule has 0 bridgehead atoms. The summed E-state index contributed by atoms with van der Waals surface area (Å²) in [6.07, 6.45) is 2.41. The van der Waals surface area contributed by atoms with Crippen LogP contribution >= 0.6 is 0 Å². The van der Waals surface area contributed by atoms with Crippen molar-refractivity contribution in [1.29, 1.82) is 0 Å². The van der Waals surface area contributed by atoms with Crippen LogP contribution in [0.2, 0.25) is 0 Å². The summed E-state index contributed by atoms with van der Waals surface area (Å²) in [5.41, 5.74) is 5.56. The molecule has 1 aliphatic rings.